The van der Waals surface area contributed by atoms with Crippen molar-refractivity contribution in [1.29, 1.82) is 0 Å². The normalized spacial score (nSPS) is 18.1. The standard InChI is InChI=1S/C47H50N6O5/c1-29(31-13-7-5-8-14-31)44(55)52-23-11-17-39(52)41(54)26-30-19-21-35-34(25-30)28-37(48-35)33-20-22-36-38(27-33)50-43(49-36)40-18-12-24-53(40)45(56)42(32-15-9-6-10-16-32)51-46(57)58-47(2,3)4/h5-10,13-16,19-22,25,27-29,39-40,42,48H,11-12,17-18,23-24,26H2,1-4H3,(H,49,50)(H,51,57)/t29-,39+,40+,42-/m1/s1. The minimum Gasteiger partial charge on any atom is -0.444 e. The fourth-order valence-corrected chi connectivity index (χ4v) is 8.46. The highest BCUT2D eigenvalue weighted by Crippen LogP contribution is 2.35. The Morgan fingerprint density at radius 3 is 2.24 bits per heavy atom. The number of carbonyl (C=O) groups excluding carboxylic acids is 4. The lowest BCUT2D eigenvalue weighted by Gasteiger charge is -2.29. The van der Waals surface area contributed by atoms with Crippen LogP contribution in [0.2, 0.25) is 0 Å². The SMILES string of the molecule is C[C@@H](C(=O)N1CCC[C@H]1C(=O)Cc1ccc2[nH]c(-c3ccc4nc([C@@H]5CCCN5C(=O)[C@H](NC(=O)OC(C)(C)C)c5ccccc5)[nH]c4c3)cc2c1)c1ccccc1. The number of rotatable bonds is 10. The zero-order chi connectivity index (χ0) is 40.6. The molecule has 3 N–H and O–H groups in total. The fourth-order valence-electron chi connectivity index (χ4n) is 8.46. The molecule has 4 heterocycles. The maximum atomic E-state index is 14.2. The summed E-state index contributed by atoms with van der Waals surface area (Å²) in [4.78, 5) is 69.8. The number of ketones is 1. The summed E-state index contributed by atoms with van der Waals surface area (Å²) in [6.45, 7) is 8.43. The minimum absolute atomic E-state index is 0.00693. The van der Waals surface area contributed by atoms with Crippen molar-refractivity contribution in [1.82, 2.24) is 30.1 Å². The molecule has 0 saturated carbocycles. The molecule has 58 heavy (non-hydrogen) atoms. The van der Waals surface area contributed by atoms with E-state index in [0.29, 0.717) is 30.9 Å². The molecule has 8 rings (SSSR count). The first-order chi connectivity index (χ1) is 27.9. The van der Waals surface area contributed by atoms with E-state index < -0.39 is 23.8 Å². The summed E-state index contributed by atoms with van der Waals surface area (Å²) < 4.78 is 5.52. The Labute approximate surface area is 338 Å². The van der Waals surface area contributed by atoms with E-state index in [1.54, 1.807) is 30.6 Å². The lowest BCUT2D eigenvalue weighted by Crippen LogP contribution is -2.44. The van der Waals surface area contributed by atoms with Gasteiger partial charge in [-0.05, 0) is 100 Å². The van der Waals surface area contributed by atoms with Gasteiger partial charge in [-0.15, -0.1) is 0 Å². The number of aromatic nitrogens is 3. The smallest absolute Gasteiger partial charge is 0.408 e. The number of nitrogens with zero attached hydrogens (tertiary/aromatic N) is 3. The van der Waals surface area contributed by atoms with Gasteiger partial charge >= 0.3 is 6.09 Å². The van der Waals surface area contributed by atoms with Crippen molar-refractivity contribution in [2.45, 2.75) is 89.4 Å². The molecular formula is C47H50N6O5. The van der Waals surface area contributed by atoms with Crippen LogP contribution >= 0.6 is 0 Å². The van der Waals surface area contributed by atoms with Gasteiger partial charge in [0.1, 0.15) is 17.5 Å². The van der Waals surface area contributed by atoms with Gasteiger partial charge in [-0.1, -0.05) is 72.8 Å². The first kappa shape index (κ1) is 38.6. The van der Waals surface area contributed by atoms with Crippen LogP contribution in [-0.4, -0.2) is 73.2 Å². The zero-order valence-electron chi connectivity index (χ0n) is 33.5. The number of carbonyl (C=O) groups is 4. The molecule has 4 aromatic carbocycles. The average molecular weight is 779 g/mol. The van der Waals surface area contributed by atoms with Crippen LogP contribution in [0.1, 0.15) is 93.9 Å². The molecule has 0 aliphatic carbocycles. The highest BCUT2D eigenvalue weighted by Gasteiger charge is 2.38. The predicted octanol–water partition coefficient (Wildman–Crippen LogP) is 8.55. The van der Waals surface area contributed by atoms with Gasteiger partial charge in [-0.2, -0.15) is 0 Å². The van der Waals surface area contributed by atoms with Crippen molar-refractivity contribution < 1.29 is 23.9 Å². The molecule has 0 unspecified atom stereocenters. The number of hydrogen-bond acceptors (Lipinski definition) is 6. The van der Waals surface area contributed by atoms with Crippen LogP contribution in [0, 0.1) is 0 Å². The Hall–Kier alpha value is -6.23. The van der Waals surface area contributed by atoms with Crippen LogP contribution in [0.25, 0.3) is 33.2 Å². The van der Waals surface area contributed by atoms with E-state index in [2.05, 4.69) is 33.5 Å². The zero-order valence-corrected chi connectivity index (χ0v) is 33.5. The second-order valence-corrected chi connectivity index (χ2v) is 16.6. The number of likely N-dealkylation sites (tertiary alicyclic amines) is 2. The van der Waals surface area contributed by atoms with Gasteiger partial charge in [-0.3, -0.25) is 14.4 Å². The van der Waals surface area contributed by atoms with Crippen LogP contribution in [0.3, 0.4) is 0 Å². The van der Waals surface area contributed by atoms with E-state index in [1.165, 1.54) is 0 Å². The molecule has 2 fully saturated rings. The third-order valence-corrected chi connectivity index (χ3v) is 11.3. The predicted molar refractivity (Wildman–Crippen MR) is 224 cm³/mol. The summed E-state index contributed by atoms with van der Waals surface area (Å²) in [5.41, 5.74) is 6.33. The maximum absolute atomic E-state index is 14.2. The first-order valence-corrected chi connectivity index (χ1v) is 20.3. The number of ether oxygens (including phenoxy) is 1. The number of benzene rings is 4. The van der Waals surface area contributed by atoms with E-state index >= 15 is 0 Å². The Kier molecular flexibility index (Phi) is 10.6. The van der Waals surface area contributed by atoms with Gasteiger partial charge in [0, 0.05) is 41.7 Å². The number of fused-ring (bicyclic) bond motifs is 2. The van der Waals surface area contributed by atoms with Crippen molar-refractivity contribution in [2.75, 3.05) is 13.1 Å². The van der Waals surface area contributed by atoms with E-state index in [9.17, 15) is 19.2 Å². The molecule has 11 nitrogen and oxygen atoms in total. The molecule has 2 aliphatic heterocycles. The van der Waals surface area contributed by atoms with Gasteiger partial charge in [-0.25, -0.2) is 9.78 Å². The molecule has 11 heteroatoms. The second-order valence-electron chi connectivity index (χ2n) is 16.6. The number of Topliss-reactive ketones (excluding diaryl/α,β-unsaturated/α-hetero) is 1. The quantitative estimate of drug-likeness (QED) is 0.127. The molecule has 6 aromatic rings. The molecule has 2 saturated heterocycles. The Morgan fingerprint density at radius 2 is 1.50 bits per heavy atom. The highest BCUT2D eigenvalue weighted by molar-refractivity contribution is 5.94. The van der Waals surface area contributed by atoms with Gasteiger partial charge < -0.3 is 29.8 Å². The van der Waals surface area contributed by atoms with Gasteiger partial charge in [0.25, 0.3) is 5.91 Å². The number of amides is 3. The third-order valence-electron chi connectivity index (χ3n) is 11.3. The summed E-state index contributed by atoms with van der Waals surface area (Å²) in [6.07, 6.45) is 2.67. The minimum atomic E-state index is -0.913. The van der Waals surface area contributed by atoms with E-state index in [0.717, 1.165) is 63.6 Å². The van der Waals surface area contributed by atoms with Gasteiger partial charge in [0.2, 0.25) is 5.91 Å². The molecule has 3 amide bonds. The lowest BCUT2D eigenvalue weighted by atomic mass is 9.97. The molecule has 0 bridgehead atoms. The first-order valence-electron chi connectivity index (χ1n) is 20.3. The van der Waals surface area contributed by atoms with E-state index in [4.69, 9.17) is 9.72 Å². The fraction of sp³-hybridized carbons (Fsp3) is 0.340. The molecular weight excluding hydrogens is 729 g/mol. The van der Waals surface area contributed by atoms with Crippen LogP contribution < -0.4 is 5.32 Å². The Bertz CT molecular complexity index is 2470. The van der Waals surface area contributed by atoms with Gasteiger partial charge in [0.15, 0.2) is 5.78 Å². The summed E-state index contributed by atoms with van der Waals surface area (Å²) in [5, 5.41) is 3.82. The number of H-pyrrole nitrogens is 2. The summed E-state index contributed by atoms with van der Waals surface area (Å²) in [6, 6.07) is 31.6. The third kappa shape index (κ3) is 8.12. The van der Waals surface area contributed by atoms with Crippen LogP contribution in [0.4, 0.5) is 4.79 Å². The summed E-state index contributed by atoms with van der Waals surface area (Å²) >= 11 is 0. The largest absolute Gasteiger partial charge is 0.444 e. The monoisotopic (exact) mass is 778 g/mol. The highest BCUT2D eigenvalue weighted by atomic mass is 16.6. The van der Waals surface area contributed by atoms with Crippen LogP contribution in [0.15, 0.2) is 103 Å². The Balaban J connectivity index is 0.973. The van der Waals surface area contributed by atoms with Crippen molar-refractivity contribution in [3.05, 3.63) is 126 Å². The molecule has 2 aromatic heterocycles. The molecule has 4 atom stereocenters. The van der Waals surface area contributed by atoms with Crippen molar-refractivity contribution >= 4 is 45.6 Å². The molecule has 2 aliphatic rings. The summed E-state index contributed by atoms with van der Waals surface area (Å²) in [5.74, 6) is 0.258. The topological polar surface area (TPSA) is 140 Å². The lowest BCUT2D eigenvalue weighted by molar-refractivity contribution is -0.138. The average Bonchev–Trinajstić information content (AvgIpc) is 4.04. The maximum Gasteiger partial charge on any atom is 0.408 e. The number of alkyl carbamates (subject to hydrolysis) is 1. The summed E-state index contributed by atoms with van der Waals surface area (Å²) in [7, 11) is 0. The van der Waals surface area contributed by atoms with Crippen LogP contribution in [0.5, 0.6) is 0 Å². The number of aromatic amines is 2. The number of imidazole rings is 1. The molecule has 0 spiro atoms. The molecule has 0 radical (unpaired) electrons. The van der Waals surface area contributed by atoms with E-state index in [-0.39, 0.29) is 36.0 Å². The van der Waals surface area contributed by atoms with Crippen molar-refractivity contribution in [2.24, 2.45) is 0 Å². The Morgan fingerprint density at radius 1 is 0.793 bits per heavy atom. The van der Waals surface area contributed by atoms with Gasteiger partial charge in [0.05, 0.1) is 29.0 Å². The molecule has 298 valence electrons. The van der Waals surface area contributed by atoms with Crippen molar-refractivity contribution in [3.8, 4) is 11.3 Å². The van der Waals surface area contributed by atoms with Crippen molar-refractivity contribution in [3.63, 3.8) is 0 Å². The number of nitrogens with one attached hydrogen (secondary N) is 3. The van der Waals surface area contributed by atoms with Crippen LogP contribution in [-0.2, 0) is 25.5 Å². The van der Waals surface area contributed by atoms with E-state index in [1.807, 2.05) is 91.9 Å². The number of hydrogen-bond donors (Lipinski definition) is 3. The second kappa shape index (κ2) is 16.0.